The SMILES string of the molecule is C[C@H](O[C@H]1CCCCO1)C(=O)OC(C)(C)C. The van der Waals surface area contributed by atoms with E-state index < -0.39 is 11.7 Å². The van der Waals surface area contributed by atoms with Gasteiger partial charge in [0.25, 0.3) is 0 Å². The summed E-state index contributed by atoms with van der Waals surface area (Å²) < 4.78 is 16.1. The Hall–Kier alpha value is -0.610. The molecule has 0 saturated carbocycles. The van der Waals surface area contributed by atoms with Crippen LogP contribution in [0.2, 0.25) is 0 Å². The zero-order valence-electron chi connectivity index (χ0n) is 10.6. The van der Waals surface area contributed by atoms with Crippen LogP contribution in [0.4, 0.5) is 0 Å². The molecule has 0 spiro atoms. The molecule has 4 nitrogen and oxygen atoms in total. The van der Waals surface area contributed by atoms with Gasteiger partial charge in [0, 0.05) is 6.61 Å². The summed E-state index contributed by atoms with van der Waals surface area (Å²) in [7, 11) is 0. The fraction of sp³-hybridized carbons (Fsp3) is 0.917. The smallest absolute Gasteiger partial charge is 0.335 e. The predicted octanol–water partition coefficient (Wildman–Crippen LogP) is 2.26. The number of carbonyl (C=O) groups is 1. The van der Waals surface area contributed by atoms with Gasteiger partial charge in [-0.2, -0.15) is 0 Å². The average Bonchev–Trinajstić information content (AvgIpc) is 2.16. The quantitative estimate of drug-likeness (QED) is 0.698. The summed E-state index contributed by atoms with van der Waals surface area (Å²) in [5.74, 6) is -0.332. The monoisotopic (exact) mass is 230 g/mol. The van der Waals surface area contributed by atoms with Crippen LogP contribution in [0.5, 0.6) is 0 Å². The van der Waals surface area contributed by atoms with Crippen LogP contribution in [0.15, 0.2) is 0 Å². The highest BCUT2D eigenvalue weighted by atomic mass is 16.7. The molecule has 0 radical (unpaired) electrons. The minimum Gasteiger partial charge on any atom is -0.458 e. The lowest BCUT2D eigenvalue weighted by molar-refractivity contribution is -0.206. The van der Waals surface area contributed by atoms with Crippen molar-refractivity contribution in [1.29, 1.82) is 0 Å². The maximum Gasteiger partial charge on any atom is 0.335 e. The molecule has 0 unspecified atom stereocenters. The standard InChI is InChI=1S/C12H22O4/c1-9(11(13)16-12(2,3)4)15-10-7-5-6-8-14-10/h9-10H,5-8H2,1-4H3/t9-,10-/m0/s1. The van der Waals surface area contributed by atoms with E-state index in [0.717, 1.165) is 19.3 Å². The Balaban J connectivity index is 2.33. The third-order valence-electron chi connectivity index (χ3n) is 2.23. The third-order valence-corrected chi connectivity index (χ3v) is 2.23. The highest BCUT2D eigenvalue weighted by Crippen LogP contribution is 2.17. The largest absolute Gasteiger partial charge is 0.458 e. The van der Waals surface area contributed by atoms with Crippen molar-refractivity contribution in [3.05, 3.63) is 0 Å². The van der Waals surface area contributed by atoms with Gasteiger partial charge in [-0.1, -0.05) is 0 Å². The minimum absolute atomic E-state index is 0.253. The zero-order valence-corrected chi connectivity index (χ0v) is 10.6. The number of rotatable bonds is 3. The lowest BCUT2D eigenvalue weighted by Crippen LogP contribution is -2.35. The van der Waals surface area contributed by atoms with Crippen molar-refractivity contribution < 1.29 is 19.0 Å². The van der Waals surface area contributed by atoms with E-state index in [1.165, 1.54) is 0 Å². The van der Waals surface area contributed by atoms with Gasteiger partial charge < -0.3 is 14.2 Å². The van der Waals surface area contributed by atoms with Crippen LogP contribution < -0.4 is 0 Å². The third kappa shape index (κ3) is 4.94. The first kappa shape index (κ1) is 13.5. The molecule has 0 aromatic heterocycles. The molecule has 0 bridgehead atoms. The Morgan fingerprint density at radius 2 is 2.06 bits per heavy atom. The van der Waals surface area contributed by atoms with Gasteiger partial charge in [0.05, 0.1) is 0 Å². The Morgan fingerprint density at radius 1 is 1.38 bits per heavy atom. The van der Waals surface area contributed by atoms with Crippen molar-refractivity contribution in [2.45, 2.75) is 65.0 Å². The van der Waals surface area contributed by atoms with Crippen LogP contribution in [0.25, 0.3) is 0 Å². The zero-order chi connectivity index (χ0) is 12.2. The molecule has 2 atom stereocenters. The first-order chi connectivity index (χ1) is 7.38. The van der Waals surface area contributed by atoms with E-state index in [1.54, 1.807) is 6.92 Å². The second-order valence-electron chi connectivity index (χ2n) is 5.11. The highest BCUT2D eigenvalue weighted by molar-refractivity contribution is 5.74. The molecule has 1 heterocycles. The molecule has 1 saturated heterocycles. The molecule has 1 fully saturated rings. The molecule has 94 valence electrons. The summed E-state index contributed by atoms with van der Waals surface area (Å²) in [4.78, 5) is 11.6. The number of hydrogen-bond acceptors (Lipinski definition) is 4. The molecular weight excluding hydrogens is 208 g/mol. The molecule has 0 aromatic rings. The molecule has 4 heteroatoms. The van der Waals surface area contributed by atoms with Crippen LogP contribution in [-0.4, -0.2) is 30.6 Å². The summed E-state index contributed by atoms with van der Waals surface area (Å²) >= 11 is 0. The molecule has 0 aromatic carbocycles. The maximum atomic E-state index is 11.6. The molecule has 0 aliphatic carbocycles. The number of carbonyl (C=O) groups excluding carboxylic acids is 1. The van der Waals surface area contributed by atoms with Crippen molar-refractivity contribution in [1.82, 2.24) is 0 Å². The van der Waals surface area contributed by atoms with Crippen LogP contribution in [0.1, 0.15) is 47.0 Å². The van der Waals surface area contributed by atoms with Gasteiger partial charge in [0.2, 0.25) is 0 Å². The lowest BCUT2D eigenvalue weighted by atomic mass is 10.2. The van der Waals surface area contributed by atoms with E-state index in [2.05, 4.69) is 0 Å². The first-order valence-electron chi connectivity index (χ1n) is 5.88. The molecule has 0 amide bonds. The average molecular weight is 230 g/mol. The van der Waals surface area contributed by atoms with Gasteiger partial charge in [-0.25, -0.2) is 4.79 Å². The van der Waals surface area contributed by atoms with Gasteiger partial charge >= 0.3 is 5.97 Å². The Kier molecular flexibility index (Phi) is 4.74. The van der Waals surface area contributed by atoms with E-state index in [9.17, 15) is 4.79 Å². The van der Waals surface area contributed by atoms with Crippen molar-refractivity contribution >= 4 is 5.97 Å². The first-order valence-corrected chi connectivity index (χ1v) is 5.88. The molecule has 0 N–H and O–H groups in total. The summed E-state index contributed by atoms with van der Waals surface area (Å²) in [5, 5.41) is 0. The number of esters is 1. The van der Waals surface area contributed by atoms with Crippen LogP contribution in [0.3, 0.4) is 0 Å². The second kappa shape index (κ2) is 5.64. The molecule has 1 aliphatic heterocycles. The molecule has 1 rings (SSSR count). The van der Waals surface area contributed by atoms with Gasteiger partial charge in [0.1, 0.15) is 5.60 Å². The maximum absolute atomic E-state index is 11.6. The molecular formula is C12H22O4. The topological polar surface area (TPSA) is 44.8 Å². The number of ether oxygens (including phenoxy) is 3. The van der Waals surface area contributed by atoms with Crippen molar-refractivity contribution in [2.24, 2.45) is 0 Å². The van der Waals surface area contributed by atoms with Gasteiger partial charge in [0.15, 0.2) is 12.4 Å². The second-order valence-corrected chi connectivity index (χ2v) is 5.11. The summed E-state index contributed by atoms with van der Waals surface area (Å²) in [5.41, 5.74) is -0.470. The predicted molar refractivity (Wildman–Crippen MR) is 60.0 cm³/mol. The Bertz CT molecular complexity index is 226. The van der Waals surface area contributed by atoms with E-state index in [0.29, 0.717) is 6.61 Å². The fourth-order valence-electron chi connectivity index (χ4n) is 1.49. The van der Waals surface area contributed by atoms with Crippen LogP contribution >= 0.6 is 0 Å². The minimum atomic E-state index is -0.567. The van der Waals surface area contributed by atoms with E-state index >= 15 is 0 Å². The van der Waals surface area contributed by atoms with Gasteiger partial charge in [-0.15, -0.1) is 0 Å². The van der Waals surface area contributed by atoms with E-state index in [4.69, 9.17) is 14.2 Å². The van der Waals surface area contributed by atoms with E-state index in [-0.39, 0.29) is 12.3 Å². The number of hydrogen-bond donors (Lipinski definition) is 0. The normalized spacial score (nSPS) is 23.9. The van der Waals surface area contributed by atoms with Gasteiger partial charge in [-0.3, -0.25) is 0 Å². The van der Waals surface area contributed by atoms with Crippen LogP contribution in [-0.2, 0) is 19.0 Å². The summed E-state index contributed by atoms with van der Waals surface area (Å²) in [6.07, 6.45) is 2.19. The fourth-order valence-corrected chi connectivity index (χ4v) is 1.49. The molecule has 16 heavy (non-hydrogen) atoms. The van der Waals surface area contributed by atoms with Crippen molar-refractivity contribution in [3.8, 4) is 0 Å². The Labute approximate surface area is 97.2 Å². The highest BCUT2D eigenvalue weighted by Gasteiger charge is 2.26. The summed E-state index contributed by atoms with van der Waals surface area (Å²) in [6, 6.07) is 0. The van der Waals surface area contributed by atoms with Crippen LogP contribution in [0, 0.1) is 0 Å². The summed E-state index contributed by atoms with van der Waals surface area (Å²) in [6.45, 7) is 7.94. The lowest BCUT2D eigenvalue weighted by Gasteiger charge is -2.27. The van der Waals surface area contributed by atoms with E-state index in [1.807, 2.05) is 20.8 Å². The molecule has 1 aliphatic rings. The van der Waals surface area contributed by atoms with Crippen molar-refractivity contribution in [3.63, 3.8) is 0 Å². The van der Waals surface area contributed by atoms with Crippen molar-refractivity contribution in [2.75, 3.05) is 6.61 Å². The Morgan fingerprint density at radius 3 is 2.56 bits per heavy atom. The van der Waals surface area contributed by atoms with Gasteiger partial charge in [-0.05, 0) is 47.0 Å².